The number of hydrogen-bond acceptors (Lipinski definition) is 3. The van der Waals surface area contributed by atoms with Gasteiger partial charge < -0.3 is 4.90 Å². The van der Waals surface area contributed by atoms with Crippen LogP contribution in [0.4, 0.5) is 0 Å². The average molecular weight is 352 g/mol. The number of likely N-dealkylation sites (tertiary alicyclic amines) is 1. The van der Waals surface area contributed by atoms with E-state index in [1.165, 1.54) is 24.8 Å². The van der Waals surface area contributed by atoms with Crippen LogP contribution in [0.2, 0.25) is 0 Å². The van der Waals surface area contributed by atoms with Crippen molar-refractivity contribution in [1.82, 2.24) is 19.7 Å². The second-order valence-electron chi connectivity index (χ2n) is 7.56. The lowest BCUT2D eigenvalue weighted by Crippen LogP contribution is -2.32. The maximum absolute atomic E-state index is 12.2. The van der Waals surface area contributed by atoms with Crippen molar-refractivity contribution in [2.45, 2.75) is 63.8 Å². The molecule has 1 saturated carbocycles. The van der Waals surface area contributed by atoms with E-state index in [-0.39, 0.29) is 0 Å². The van der Waals surface area contributed by atoms with Gasteiger partial charge in [-0.25, -0.2) is 9.67 Å². The van der Waals surface area contributed by atoms with E-state index in [0.717, 1.165) is 57.0 Å². The van der Waals surface area contributed by atoms with Crippen LogP contribution in [-0.2, 0) is 24.2 Å². The van der Waals surface area contributed by atoms with E-state index in [0.29, 0.717) is 18.2 Å². The van der Waals surface area contributed by atoms with E-state index in [1.807, 2.05) is 11.0 Å². The average Bonchev–Trinajstić information content (AvgIpc) is 3.46. The fourth-order valence-corrected chi connectivity index (χ4v) is 3.66. The maximum Gasteiger partial charge on any atom is 0.222 e. The predicted molar refractivity (Wildman–Crippen MR) is 101 cm³/mol. The van der Waals surface area contributed by atoms with E-state index in [1.54, 1.807) is 0 Å². The highest BCUT2D eigenvalue weighted by atomic mass is 16.2. The maximum atomic E-state index is 12.2. The standard InChI is InChI=1S/C21H28N4O/c26-20-9-5-2-6-14-24(20)15-13-19-22-21(18-10-11-18)23-25(19)16-12-17-7-3-1-4-8-17/h1,3-4,7-8,18H,2,5-6,9-16H2. The first-order valence-electron chi connectivity index (χ1n) is 10.0. The molecule has 1 aliphatic carbocycles. The molecule has 138 valence electrons. The fourth-order valence-electron chi connectivity index (χ4n) is 3.66. The Morgan fingerprint density at radius 2 is 1.85 bits per heavy atom. The van der Waals surface area contributed by atoms with Crippen LogP contribution < -0.4 is 0 Å². The third-order valence-electron chi connectivity index (χ3n) is 5.44. The third kappa shape index (κ3) is 4.32. The second-order valence-corrected chi connectivity index (χ2v) is 7.56. The fraction of sp³-hybridized carbons (Fsp3) is 0.571. The van der Waals surface area contributed by atoms with Crippen molar-refractivity contribution in [3.05, 3.63) is 47.5 Å². The summed E-state index contributed by atoms with van der Waals surface area (Å²) in [6.45, 7) is 2.52. The van der Waals surface area contributed by atoms with Gasteiger partial charge in [-0.1, -0.05) is 36.8 Å². The van der Waals surface area contributed by atoms with E-state index >= 15 is 0 Å². The Hall–Kier alpha value is -2.17. The molecule has 2 aromatic rings. The van der Waals surface area contributed by atoms with Crippen molar-refractivity contribution < 1.29 is 4.79 Å². The van der Waals surface area contributed by atoms with Gasteiger partial charge in [0.1, 0.15) is 5.82 Å². The molecule has 5 heteroatoms. The Morgan fingerprint density at radius 1 is 1.00 bits per heavy atom. The summed E-state index contributed by atoms with van der Waals surface area (Å²) >= 11 is 0. The molecule has 0 unspecified atom stereocenters. The minimum atomic E-state index is 0.306. The first kappa shape index (κ1) is 17.3. The van der Waals surface area contributed by atoms with Gasteiger partial charge in [0, 0.05) is 38.4 Å². The zero-order valence-corrected chi connectivity index (χ0v) is 15.4. The highest BCUT2D eigenvalue weighted by molar-refractivity contribution is 5.76. The monoisotopic (exact) mass is 352 g/mol. The van der Waals surface area contributed by atoms with Crippen LogP contribution in [0.5, 0.6) is 0 Å². The van der Waals surface area contributed by atoms with Gasteiger partial charge in [-0.3, -0.25) is 4.79 Å². The molecule has 0 radical (unpaired) electrons. The topological polar surface area (TPSA) is 51.0 Å². The molecule has 0 atom stereocenters. The zero-order chi connectivity index (χ0) is 17.8. The zero-order valence-electron chi connectivity index (χ0n) is 15.4. The molecular weight excluding hydrogens is 324 g/mol. The molecule has 1 aromatic heterocycles. The van der Waals surface area contributed by atoms with Crippen LogP contribution in [0.15, 0.2) is 30.3 Å². The largest absolute Gasteiger partial charge is 0.342 e. The Labute approximate surface area is 155 Å². The van der Waals surface area contributed by atoms with E-state index in [9.17, 15) is 4.79 Å². The summed E-state index contributed by atoms with van der Waals surface area (Å²) in [4.78, 5) is 19.1. The van der Waals surface area contributed by atoms with Crippen molar-refractivity contribution in [2.24, 2.45) is 0 Å². The lowest BCUT2D eigenvalue weighted by atomic mass is 10.1. The number of aromatic nitrogens is 3. The first-order chi connectivity index (χ1) is 12.8. The van der Waals surface area contributed by atoms with Crippen LogP contribution in [0.25, 0.3) is 0 Å². The number of nitrogens with zero attached hydrogens (tertiary/aromatic N) is 4. The lowest BCUT2D eigenvalue weighted by molar-refractivity contribution is -0.130. The third-order valence-corrected chi connectivity index (χ3v) is 5.44. The number of rotatable bonds is 7. The van der Waals surface area contributed by atoms with Crippen LogP contribution in [0, 0.1) is 0 Å². The van der Waals surface area contributed by atoms with Gasteiger partial charge in [0.05, 0.1) is 0 Å². The predicted octanol–water partition coefficient (Wildman–Crippen LogP) is 3.34. The molecule has 5 nitrogen and oxygen atoms in total. The quantitative estimate of drug-likeness (QED) is 0.768. The molecule has 1 amide bonds. The molecule has 4 rings (SSSR count). The number of benzene rings is 1. The molecule has 0 N–H and O–H groups in total. The lowest BCUT2D eigenvalue weighted by Gasteiger charge is -2.20. The van der Waals surface area contributed by atoms with Gasteiger partial charge in [0.2, 0.25) is 5.91 Å². The molecule has 1 aromatic carbocycles. The van der Waals surface area contributed by atoms with Crippen LogP contribution in [0.3, 0.4) is 0 Å². The summed E-state index contributed by atoms with van der Waals surface area (Å²) in [5, 5.41) is 4.79. The van der Waals surface area contributed by atoms with Gasteiger partial charge in [-0.2, -0.15) is 5.10 Å². The molecule has 0 bridgehead atoms. The van der Waals surface area contributed by atoms with E-state index in [2.05, 4.69) is 28.9 Å². The molecule has 2 aliphatic rings. The number of amides is 1. The number of carbonyl (C=O) groups excluding carboxylic acids is 1. The second kappa shape index (κ2) is 8.02. The first-order valence-corrected chi connectivity index (χ1v) is 10.0. The van der Waals surface area contributed by atoms with Crippen molar-refractivity contribution in [3.63, 3.8) is 0 Å². The summed E-state index contributed by atoms with van der Waals surface area (Å²) in [5.74, 6) is 2.92. The molecule has 2 fully saturated rings. The van der Waals surface area contributed by atoms with Gasteiger partial charge in [-0.05, 0) is 37.7 Å². The summed E-state index contributed by atoms with van der Waals surface area (Å²) in [6.07, 6.45) is 8.23. The van der Waals surface area contributed by atoms with Gasteiger partial charge in [0.15, 0.2) is 5.82 Å². The Balaban J connectivity index is 1.42. The van der Waals surface area contributed by atoms with Crippen molar-refractivity contribution in [1.29, 1.82) is 0 Å². The van der Waals surface area contributed by atoms with Crippen molar-refractivity contribution in [2.75, 3.05) is 13.1 Å². The van der Waals surface area contributed by atoms with Gasteiger partial charge in [0.25, 0.3) is 0 Å². The SMILES string of the molecule is O=C1CCCCCN1CCc1nc(C2CC2)nn1CCc1ccccc1. The highest BCUT2D eigenvalue weighted by Gasteiger charge is 2.29. The smallest absolute Gasteiger partial charge is 0.222 e. The molecule has 0 spiro atoms. The normalized spacial score (nSPS) is 18.2. The van der Waals surface area contributed by atoms with Crippen LogP contribution >= 0.6 is 0 Å². The number of carbonyl (C=O) groups is 1. The van der Waals surface area contributed by atoms with Crippen molar-refractivity contribution >= 4 is 5.91 Å². The summed E-state index contributed by atoms with van der Waals surface area (Å²) in [7, 11) is 0. The van der Waals surface area contributed by atoms with Gasteiger partial charge >= 0.3 is 0 Å². The number of aryl methyl sites for hydroxylation is 2. The Kier molecular flexibility index (Phi) is 5.32. The van der Waals surface area contributed by atoms with Crippen molar-refractivity contribution in [3.8, 4) is 0 Å². The molecule has 1 aliphatic heterocycles. The van der Waals surface area contributed by atoms with E-state index in [4.69, 9.17) is 10.1 Å². The van der Waals surface area contributed by atoms with Crippen LogP contribution in [0.1, 0.15) is 61.7 Å². The highest BCUT2D eigenvalue weighted by Crippen LogP contribution is 2.38. The summed E-state index contributed by atoms with van der Waals surface area (Å²) in [6, 6.07) is 10.5. The molecule has 1 saturated heterocycles. The van der Waals surface area contributed by atoms with E-state index < -0.39 is 0 Å². The Bertz CT molecular complexity index is 736. The minimum absolute atomic E-state index is 0.306. The molecule has 2 heterocycles. The summed E-state index contributed by atoms with van der Waals surface area (Å²) in [5.41, 5.74) is 1.32. The number of hydrogen-bond donors (Lipinski definition) is 0. The summed E-state index contributed by atoms with van der Waals surface area (Å²) < 4.78 is 2.09. The van der Waals surface area contributed by atoms with Gasteiger partial charge in [-0.15, -0.1) is 0 Å². The molecular formula is C21H28N4O. The van der Waals surface area contributed by atoms with Crippen LogP contribution in [-0.4, -0.2) is 38.7 Å². The molecule has 26 heavy (non-hydrogen) atoms. The Morgan fingerprint density at radius 3 is 2.65 bits per heavy atom. The minimum Gasteiger partial charge on any atom is -0.342 e.